The number of carbonyl (C=O) groups is 3. The Balaban J connectivity index is 4.33. The first-order chi connectivity index (χ1) is 31.0. The molecule has 0 saturated carbocycles. The second-order valence-electron chi connectivity index (χ2n) is 18.1. The van der Waals surface area contributed by atoms with Gasteiger partial charge in [0.1, 0.15) is 13.2 Å². The molecular formula is C57H102O6. The molecule has 0 aromatic carbocycles. The smallest absolute Gasteiger partial charge is 0.306 e. The van der Waals surface area contributed by atoms with Gasteiger partial charge in [0.25, 0.3) is 0 Å². The monoisotopic (exact) mass is 883 g/mol. The molecule has 0 N–H and O–H groups in total. The van der Waals surface area contributed by atoms with E-state index in [9.17, 15) is 14.4 Å². The Morgan fingerprint density at radius 1 is 0.317 bits per heavy atom. The highest BCUT2D eigenvalue weighted by Gasteiger charge is 2.19. The van der Waals surface area contributed by atoms with Crippen molar-refractivity contribution < 1.29 is 28.6 Å². The van der Waals surface area contributed by atoms with E-state index in [1.54, 1.807) is 0 Å². The first-order valence-corrected chi connectivity index (χ1v) is 27.1. The van der Waals surface area contributed by atoms with Gasteiger partial charge < -0.3 is 14.2 Å². The SMILES string of the molecule is CCC/C=C\CCCCCCCC(=O)OCC(COC(=O)CCCCCCCCC/C=C\CCCCCCCCC)OC(=O)CCCCCCCCC/C=C\C/C=C\CCCCC. The fourth-order valence-corrected chi connectivity index (χ4v) is 7.65. The van der Waals surface area contributed by atoms with Crippen LogP contribution in [0, 0.1) is 0 Å². The normalized spacial score (nSPS) is 12.4. The molecule has 0 spiro atoms. The van der Waals surface area contributed by atoms with Gasteiger partial charge in [-0.3, -0.25) is 14.4 Å². The topological polar surface area (TPSA) is 78.9 Å². The van der Waals surface area contributed by atoms with Gasteiger partial charge in [-0.05, 0) is 96.3 Å². The van der Waals surface area contributed by atoms with Crippen molar-refractivity contribution in [3.8, 4) is 0 Å². The Hall–Kier alpha value is -2.63. The van der Waals surface area contributed by atoms with Crippen LogP contribution in [0.5, 0.6) is 0 Å². The molecule has 0 saturated heterocycles. The van der Waals surface area contributed by atoms with Crippen LogP contribution in [-0.4, -0.2) is 37.2 Å². The molecule has 6 heteroatoms. The van der Waals surface area contributed by atoms with Gasteiger partial charge in [0.2, 0.25) is 0 Å². The van der Waals surface area contributed by atoms with E-state index < -0.39 is 6.10 Å². The summed E-state index contributed by atoms with van der Waals surface area (Å²) in [7, 11) is 0. The van der Waals surface area contributed by atoms with Crippen molar-refractivity contribution >= 4 is 17.9 Å². The van der Waals surface area contributed by atoms with Crippen molar-refractivity contribution in [2.45, 2.75) is 284 Å². The highest BCUT2D eigenvalue weighted by molar-refractivity contribution is 5.71. The molecule has 63 heavy (non-hydrogen) atoms. The number of hydrogen-bond donors (Lipinski definition) is 0. The molecule has 0 aromatic rings. The third kappa shape index (κ3) is 50.2. The average Bonchev–Trinajstić information content (AvgIpc) is 3.28. The minimum absolute atomic E-state index is 0.0804. The number of rotatable bonds is 49. The molecule has 1 unspecified atom stereocenters. The van der Waals surface area contributed by atoms with E-state index in [0.717, 1.165) is 83.5 Å². The highest BCUT2D eigenvalue weighted by Crippen LogP contribution is 2.15. The van der Waals surface area contributed by atoms with Crippen LogP contribution in [0.2, 0.25) is 0 Å². The minimum atomic E-state index is -0.780. The zero-order chi connectivity index (χ0) is 45.8. The molecule has 1 atom stereocenters. The second kappa shape index (κ2) is 52.0. The number of hydrogen-bond acceptors (Lipinski definition) is 6. The van der Waals surface area contributed by atoms with Crippen molar-refractivity contribution in [2.24, 2.45) is 0 Å². The fourth-order valence-electron chi connectivity index (χ4n) is 7.65. The maximum absolute atomic E-state index is 12.8. The summed E-state index contributed by atoms with van der Waals surface area (Å²) in [5.74, 6) is -0.895. The molecule has 0 amide bonds. The van der Waals surface area contributed by atoms with Crippen LogP contribution < -0.4 is 0 Å². The van der Waals surface area contributed by atoms with Crippen LogP contribution in [0.1, 0.15) is 278 Å². The molecule has 0 heterocycles. The van der Waals surface area contributed by atoms with E-state index in [-0.39, 0.29) is 31.1 Å². The molecule has 0 radical (unpaired) electrons. The van der Waals surface area contributed by atoms with Crippen LogP contribution in [0.4, 0.5) is 0 Å². The van der Waals surface area contributed by atoms with E-state index in [0.29, 0.717) is 19.3 Å². The fraction of sp³-hybridized carbons (Fsp3) is 0.807. The molecule has 0 bridgehead atoms. The summed E-state index contributed by atoms with van der Waals surface area (Å²) in [4.78, 5) is 38.0. The number of unbranched alkanes of at least 4 members (excludes halogenated alkanes) is 30. The first kappa shape index (κ1) is 60.4. The van der Waals surface area contributed by atoms with Crippen molar-refractivity contribution in [1.82, 2.24) is 0 Å². The Labute approximate surface area is 390 Å². The number of ether oxygens (including phenoxy) is 3. The lowest BCUT2D eigenvalue weighted by atomic mass is 10.1. The molecule has 0 aromatic heterocycles. The number of esters is 3. The van der Waals surface area contributed by atoms with Gasteiger partial charge in [0.15, 0.2) is 6.10 Å². The summed E-state index contributed by atoms with van der Waals surface area (Å²) < 4.78 is 16.8. The Bertz CT molecular complexity index is 1110. The number of allylic oxidation sites excluding steroid dienone is 8. The van der Waals surface area contributed by atoms with E-state index in [1.807, 2.05) is 0 Å². The zero-order valence-corrected chi connectivity index (χ0v) is 41.8. The largest absolute Gasteiger partial charge is 0.462 e. The summed E-state index contributed by atoms with van der Waals surface area (Å²) in [6.45, 7) is 6.55. The van der Waals surface area contributed by atoms with E-state index in [1.165, 1.54) is 154 Å². The van der Waals surface area contributed by atoms with Crippen molar-refractivity contribution in [3.63, 3.8) is 0 Å². The predicted octanol–water partition coefficient (Wildman–Crippen LogP) is 17.9. The summed E-state index contributed by atoms with van der Waals surface area (Å²) in [5, 5.41) is 0. The van der Waals surface area contributed by atoms with Gasteiger partial charge >= 0.3 is 17.9 Å². The van der Waals surface area contributed by atoms with Gasteiger partial charge in [-0.25, -0.2) is 0 Å². The molecule has 0 aliphatic rings. The molecule has 6 nitrogen and oxygen atoms in total. The zero-order valence-electron chi connectivity index (χ0n) is 41.8. The molecule has 0 rings (SSSR count). The summed E-state index contributed by atoms with van der Waals surface area (Å²) in [6.07, 6.45) is 62.4. The van der Waals surface area contributed by atoms with Crippen LogP contribution in [-0.2, 0) is 28.6 Å². The quantitative estimate of drug-likeness (QED) is 0.0262. The minimum Gasteiger partial charge on any atom is -0.462 e. The Morgan fingerprint density at radius 3 is 0.984 bits per heavy atom. The number of carbonyl (C=O) groups excluding carboxylic acids is 3. The summed E-state index contributed by atoms with van der Waals surface area (Å²) in [5.41, 5.74) is 0. The van der Waals surface area contributed by atoms with Gasteiger partial charge in [-0.1, -0.05) is 211 Å². The molecular weight excluding hydrogens is 781 g/mol. The lowest BCUT2D eigenvalue weighted by Crippen LogP contribution is -2.30. The van der Waals surface area contributed by atoms with Crippen LogP contribution >= 0.6 is 0 Å². The van der Waals surface area contributed by atoms with Crippen molar-refractivity contribution in [2.75, 3.05) is 13.2 Å². The third-order valence-corrected chi connectivity index (χ3v) is 11.8. The first-order valence-electron chi connectivity index (χ1n) is 27.1. The highest BCUT2D eigenvalue weighted by atomic mass is 16.6. The Morgan fingerprint density at radius 2 is 0.603 bits per heavy atom. The Kier molecular flexibility index (Phi) is 49.8. The standard InChI is InChI=1S/C57H102O6/c1-4-7-10-13-16-19-22-24-26-28-30-31-33-35-38-41-44-47-50-56(59)62-53-54(52-61-55(58)49-46-43-40-37-21-18-15-12-9-6-3)63-57(60)51-48-45-42-39-36-34-32-29-27-25-23-20-17-14-11-8-5-2/h12,15,17,20,25-28,54H,4-11,13-14,16,18-19,21-24,29-53H2,1-3H3/b15-12-,20-17-,27-25-,28-26-. The average molecular weight is 883 g/mol. The summed E-state index contributed by atoms with van der Waals surface area (Å²) >= 11 is 0. The lowest BCUT2D eigenvalue weighted by Gasteiger charge is -2.18. The van der Waals surface area contributed by atoms with Gasteiger partial charge in [0.05, 0.1) is 0 Å². The van der Waals surface area contributed by atoms with Gasteiger partial charge in [-0.2, -0.15) is 0 Å². The van der Waals surface area contributed by atoms with Crippen LogP contribution in [0.25, 0.3) is 0 Å². The molecule has 366 valence electrons. The maximum Gasteiger partial charge on any atom is 0.306 e. The maximum atomic E-state index is 12.8. The van der Waals surface area contributed by atoms with E-state index in [4.69, 9.17) is 14.2 Å². The molecule has 0 fully saturated rings. The van der Waals surface area contributed by atoms with Crippen LogP contribution in [0.15, 0.2) is 48.6 Å². The summed E-state index contributed by atoms with van der Waals surface area (Å²) in [6, 6.07) is 0. The van der Waals surface area contributed by atoms with Crippen molar-refractivity contribution in [3.05, 3.63) is 48.6 Å². The van der Waals surface area contributed by atoms with E-state index >= 15 is 0 Å². The lowest BCUT2D eigenvalue weighted by molar-refractivity contribution is -0.167. The predicted molar refractivity (Wildman–Crippen MR) is 270 cm³/mol. The van der Waals surface area contributed by atoms with Crippen molar-refractivity contribution in [1.29, 1.82) is 0 Å². The van der Waals surface area contributed by atoms with Gasteiger partial charge in [0, 0.05) is 19.3 Å². The van der Waals surface area contributed by atoms with Crippen LogP contribution in [0.3, 0.4) is 0 Å². The molecule has 0 aliphatic carbocycles. The van der Waals surface area contributed by atoms with E-state index in [2.05, 4.69) is 69.4 Å². The molecule has 0 aliphatic heterocycles. The third-order valence-electron chi connectivity index (χ3n) is 11.8. The van der Waals surface area contributed by atoms with Gasteiger partial charge in [-0.15, -0.1) is 0 Å². The second-order valence-corrected chi connectivity index (χ2v) is 18.1.